The van der Waals surface area contributed by atoms with Crippen LogP contribution in [0.2, 0.25) is 0 Å². The van der Waals surface area contributed by atoms with E-state index in [1.54, 1.807) is 18.2 Å². The Bertz CT molecular complexity index is 684. The standard InChI is InChI=1S/C17H19N3O2.HI/c1-12-6-8-15(9-7-12)20-17(18)19-11-13-4-3-5-14(10-13)16(21)22-2;/h3-10H,11H2,1-2H3,(H3,18,19,20);1H. The smallest absolute Gasteiger partial charge is 0.337 e. The number of carbonyl (C=O) groups excluding carboxylic acids is 1. The highest BCUT2D eigenvalue weighted by molar-refractivity contribution is 14.0. The summed E-state index contributed by atoms with van der Waals surface area (Å²) in [6, 6.07) is 15.0. The molecule has 0 aliphatic carbocycles. The Balaban J connectivity index is 0.00000264. The lowest BCUT2D eigenvalue weighted by atomic mass is 10.1. The lowest BCUT2D eigenvalue weighted by Gasteiger charge is -2.06. The van der Waals surface area contributed by atoms with E-state index in [2.05, 4.69) is 10.3 Å². The van der Waals surface area contributed by atoms with E-state index < -0.39 is 0 Å². The number of esters is 1. The van der Waals surface area contributed by atoms with Crippen LogP contribution in [0.1, 0.15) is 21.5 Å². The predicted molar refractivity (Wildman–Crippen MR) is 103 cm³/mol. The second kappa shape index (κ2) is 9.14. The van der Waals surface area contributed by atoms with E-state index in [4.69, 9.17) is 10.5 Å². The van der Waals surface area contributed by atoms with Gasteiger partial charge in [-0.25, -0.2) is 9.79 Å². The van der Waals surface area contributed by atoms with E-state index >= 15 is 0 Å². The molecule has 0 aromatic heterocycles. The molecule has 122 valence electrons. The van der Waals surface area contributed by atoms with Crippen LogP contribution < -0.4 is 11.1 Å². The van der Waals surface area contributed by atoms with Crippen molar-refractivity contribution in [3.63, 3.8) is 0 Å². The third-order valence-corrected chi connectivity index (χ3v) is 3.10. The number of nitrogens with zero attached hydrogens (tertiary/aromatic N) is 1. The maximum Gasteiger partial charge on any atom is 0.337 e. The number of aryl methyl sites for hydroxylation is 1. The van der Waals surface area contributed by atoms with Gasteiger partial charge in [-0.3, -0.25) is 0 Å². The Kier molecular flexibility index (Phi) is 7.53. The molecule has 6 heteroatoms. The fourth-order valence-electron chi connectivity index (χ4n) is 1.92. The molecule has 0 amide bonds. The Labute approximate surface area is 153 Å². The summed E-state index contributed by atoms with van der Waals surface area (Å²) < 4.78 is 4.69. The van der Waals surface area contributed by atoms with Crippen LogP contribution in [0.25, 0.3) is 0 Å². The van der Waals surface area contributed by atoms with Crippen molar-refractivity contribution in [2.24, 2.45) is 10.7 Å². The first-order chi connectivity index (χ1) is 10.6. The van der Waals surface area contributed by atoms with E-state index in [0.717, 1.165) is 11.3 Å². The summed E-state index contributed by atoms with van der Waals surface area (Å²) in [5, 5.41) is 3.02. The molecule has 5 nitrogen and oxygen atoms in total. The average molecular weight is 425 g/mol. The van der Waals surface area contributed by atoms with Crippen molar-refractivity contribution in [2.45, 2.75) is 13.5 Å². The zero-order valence-electron chi connectivity index (χ0n) is 13.1. The largest absolute Gasteiger partial charge is 0.465 e. The predicted octanol–water partition coefficient (Wildman–Crippen LogP) is 3.33. The number of ether oxygens (including phenoxy) is 1. The van der Waals surface area contributed by atoms with Crippen LogP contribution >= 0.6 is 24.0 Å². The highest BCUT2D eigenvalue weighted by Gasteiger charge is 2.05. The molecule has 0 atom stereocenters. The van der Waals surface area contributed by atoms with Crippen molar-refractivity contribution in [1.82, 2.24) is 0 Å². The van der Waals surface area contributed by atoms with Gasteiger partial charge in [0.2, 0.25) is 0 Å². The highest BCUT2D eigenvalue weighted by Crippen LogP contribution is 2.10. The molecular weight excluding hydrogens is 405 g/mol. The molecule has 0 heterocycles. The summed E-state index contributed by atoms with van der Waals surface area (Å²) in [5.41, 5.74) is 9.31. The quantitative estimate of drug-likeness (QED) is 0.341. The van der Waals surface area contributed by atoms with Gasteiger partial charge in [-0.15, -0.1) is 24.0 Å². The van der Waals surface area contributed by atoms with Crippen molar-refractivity contribution < 1.29 is 9.53 Å². The van der Waals surface area contributed by atoms with Crippen LogP contribution in [0.5, 0.6) is 0 Å². The average Bonchev–Trinajstić information content (AvgIpc) is 2.54. The van der Waals surface area contributed by atoms with Crippen LogP contribution in [0.4, 0.5) is 5.69 Å². The van der Waals surface area contributed by atoms with E-state index in [0.29, 0.717) is 18.1 Å². The number of nitrogens with one attached hydrogen (secondary N) is 1. The minimum absolute atomic E-state index is 0. The number of aliphatic imine (C=N–C) groups is 1. The third kappa shape index (κ3) is 5.90. The number of rotatable bonds is 4. The van der Waals surface area contributed by atoms with Crippen LogP contribution in [-0.2, 0) is 11.3 Å². The Hall–Kier alpha value is -2.09. The number of anilines is 1. The fraction of sp³-hybridized carbons (Fsp3) is 0.176. The molecule has 0 aliphatic rings. The number of hydrogen-bond acceptors (Lipinski definition) is 3. The molecule has 0 saturated heterocycles. The minimum atomic E-state index is -0.364. The van der Waals surface area contributed by atoms with Crippen LogP contribution in [-0.4, -0.2) is 19.0 Å². The second-order valence-corrected chi connectivity index (χ2v) is 4.88. The third-order valence-electron chi connectivity index (χ3n) is 3.10. The molecule has 23 heavy (non-hydrogen) atoms. The molecular formula is C17H20IN3O2. The Morgan fingerprint density at radius 3 is 2.57 bits per heavy atom. The molecule has 3 N–H and O–H groups in total. The van der Waals surface area contributed by atoms with Gasteiger partial charge in [-0.2, -0.15) is 0 Å². The summed E-state index contributed by atoms with van der Waals surface area (Å²) in [4.78, 5) is 15.7. The zero-order chi connectivity index (χ0) is 15.9. The summed E-state index contributed by atoms with van der Waals surface area (Å²) in [6.07, 6.45) is 0. The van der Waals surface area contributed by atoms with Gasteiger partial charge < -0.3 is 15.8 Å². The summed E-state index contributed by atoms with van der Waals surface area (Å²) in [6.45, 7) is 2.41. The Morgan fingerprint density at radius 1 is 1.22 bits per heavy atom. The molecule has 0 radical (unpaired) electrons. The molecule has 2 aromatic carbocycles. The first-order valence-electron chi connectivity index (χ1n) is 6.89. The first-order valence-corrected chi connectivity index (χ1v) is 6.89. The van der Waals surface area contributed by atoms with Crippen molar-refractivity contribution in [3.05, 3.63) is 65.2 Å². The maximum atomic E-state index is 11.5. The van der Waals surface area contributed by atoms with Crippen LogP contribution in [0, 0.1) is 6.92 Å². The fourth-order valence-corrected chi connectivity index (χ4v) is 1.92. The van der Waals surface area contributed by atoms with Crippen molar-refractivity contribution in [3.8, 4) is 0 Å². The molecule has 0 bridgehead atoms. The molecule has 2 rings (SSSR count). The summed E-state index contributed by atoms with van der Waals surface area (Å²) in [7, 11) is 1.36. The summed E-state index contributed by atoms with van der Waals surface area (Å²) in [5.74, 6) is -0.0380. The van der Waals surface area contributed by atoms with Gasteiger partial charge in [0.05, 0.1) is 19.2 Å². The number of halogens is 1. The second-order valence-electron chi connectivity index (χ2n) is 4.88. The SMILES string of the molecule is COC(=O)c1cccc(CN=C(N)Nc2ccc(C)cc2)c1.I. The van der Waals surface area contributed by atoms with Gasteiger partial charge in [-0.1, -0.05) is 29.8 Å². The van der Waals surface area contributed by atoms with Gasteiger partial charge in [-0.05, 0) is 36.8 Å². The molecule has 2 aromatic rings. The van der Waals surface area contributed by atoms with E-state index in [1.165, 1.54) is 12.7 Å². The molecule has 0 unspecified atom stereocenters. The highest BCUT2D eigenvalue weighted by atomic mass is 127. The molecule has 0 aliphatic heterocycles. The van der Waals surface area contributed by atoms with E-state index in [9.17, 15) is 4.79 Å². The van der Waals surface area contributed by atoms with E-state index in [1.807, 2.05) is 37.3 Å². The number of carbonyl (C=O) groups is 1. The van der Waals surface area contributed by atoms with Crippen LogP contribution in [0.15, 0.2) is 53.5 Å². The lowest BCUT2D eigenvalue weighted by molar-refractivity contribution is 0.0600. The normalized spacial score (nSPS) is 10.6. The van der Waals surface area contributed by atoms with Crippen molar-refractivity contribution >= 4 is 41.6 Å². The van der Waals surface area contributed by atoms with E-state index in [-0.39, 0.29) is 29.9 Å². The topological polar surface area (TPSA) is 76.7 Å². The number of guanidine groups is 1. The number of benzene rings is 2. The summed E-state index contributed by atoms with van der Waals surface area (Å²) >= 11 is 0. The molecule has 0 spiro atoms. The van der Waals surface area contributed by atoms with Crippen LogP contribution in [0.3, 0.4) is 0 Å². The van der Waals surface area contributed by atoms with Gasteiger partial charge in [0.25, 0.3) is 0 Å². The van der Waals surface area contributed by atoms with Gasteiger partial charge >= 0.3 is 5.97 Å². The molecule has 0 fully saturated rings. The number of methoxy groups -OCH3 is 1. The van der Waals surface area contributed by atoms with Gasteiger partial charge in [0.15, 0.2) is 5.96 Å². The van der Waals surface area contributed by atoms with Crippen molar-refractivity contribution in [1.29, 1.82) is 0 Å². The lowest BCUT2D eigenvalue weighted by Crippen LogP contribution is -2.22. The minimum Gasteiger partial charge on any atom is -0.465 e. The number of hydrogen-bond donors (Lipinski definition) is 2. The Morgan fingerprint density at radius 2 is 1.91 bits per heavy atom. The number of nitrogens with two attached hydrogens (primary N) is 1. The first kappa shape index (κ1) is 19.0. The van der Waals surface area contributed by atoms with Gasteiger partial charge in [0, 0.05) is 5.69 Å². The zero-order valence-corrected chi connectivity index (χ0v) is 15.4. The van der Waals surface area contributed by atoms with Crippen molar-refractivity contribution in [2.75, 3.05) is 12.4 Å². The van der Waals surface area contributed by atoms with Gasteiger partial charge in [0.1, 0.15) is 0 Å². The molecule has 0 saturated carbocycles. The maximum absolute atomic E-state index is 11.5. The monoisotopic (exact) mass is 425 g/mol.